The van der Waals surface area contributed by atoms with Crippen LogP contribution in [0.2, 0.25) is 0 Å². The molecule has 0 bridgehead atoms. The molecule has 1 aromatic rings. The van der Waals surface area contributed by atoms with Gasteiger partial charge in [0.15, 0.2) is 11.6 Å². The van der Waals surface area contributed by atoms with Gasteiger partial charge in [-0.3, -0.25) is 0 Å². The van der Waals surface area contributed by atoms with E-state index in [-0.39, 0.29) is 24.8 Å². The summed E-state index contributed by atoms with van der Waals surface area (Å²) in [6.45, 7) is 0.218. The fourth-order valence-electron chi connectivity index (χ4n) is 1.27. The second-order valence-electron chi connectivity index (χ2n) is 2.72. The molecule has 0 amide bonds. The minimum Gasteiger partial charge on any atom is -0.488 e. The number of nitrogens with two attached hydrogens (primary N) is 1. The first-order valence-electron chi connectivity index (χ1n) is 3.56. The van der Waals surface area contributed by atoms with E-state index in [1.165, 1.54) is 6.07 Å². The van der Waals surface area contributed by atoms with Gasteiger partial charge in [-0.2, -0.15) is 0 Å². The molecule has 0 unspecified atom stereocenters. The second kappa shape index (κ2) is 3.47. The lowest BCUT2D eigenvalue weighted by Crippen LogP contribution is -2.10. The number of hydrogen-bond acceptors (Lipinski definition) is 2. The minimum absolute atomic E-state index is 0. The summed E-state index contributed by atoms with van der Waals surface area (Å²) in [6, 6.07) is 1.58. The maximum absolute atomic E-state index is 12.9. The van der Waals surface area contributed by atoms with Crippen LogP contribution in [0.5, 0.6) is 5.75 Å². The van der Waals surface area contributed by atoms with Gasteiger partial charge in [0.05, 0.1) is 6.04 Å². The van der Waals surface area contributed by atoms with E-state index in [2.05, 4.69) is 0 Å². The van der Waals surface area contributed by atoms with E-state index < -0.39 is 17.7 Å². The monoisotopic (exact) mass is 207 g/mol. The molecule has 1 aromatic carbocycles. The van der Waals surface area contributed by atoms with Crippen molar-refractivity contribution in [2.24, 2.45) is 5.73 Å². The normalized spacial score (nSPS) is 18.8. The number of halogens is 3. The lowest BCUT2D eigenvalue weighted by atomic mass is 10.1. The first-order chi connectivity index (χ1) is 5.68. The third-order valence-electron chi connectivity index (χ3n) is 1.84. The van der Waals surface area contributed by atoms with Crippen LogP contribution in [0, 0.1) is 11.6 Å². The first kappa shape index (κ1) is 10.2. The summed E-state index contributed by atoms with van der Waals surface area (Å²) in [4.78, 5) is 0. The molecule has 0 radical (unpaired) electrons. The average molecular weight is 208 g/mol. The standard InChI is InChI=1S/C8H7F2NO.ClH/c9-4-1-5-7(11)3-12-8(5)6(10)2-4;/h1-2,7H,3,11H2;1H/t7-;/m0./s1. The molecular weight excluding hydrogens is 200 g/mol. The molecule has 1 heterocycles. The van der Waals surface area contributed by atoms with Crippen LogP contribution in [-0.2, 0) is 0 Å². The van der Waals surface area contributed by atoms with Gasteiger partial charge in [-0.05, 0) is 6.07 Å². The maximum atomic E-state index is 12.9. The third-order valence-corrected chi connectivity index (χ3v) is 1.84. The van der Waals surface area contributed by atoms with Crippen molar-refractivity contribution < 1.29 is 13.5 Å². The molecule has 0 aromatic heterocycles. The Bertz CT molecular complexity index is 332. The molecule has 1 aliphatic heterocycles. The van der Waals surface area contributed by atoms with Crippen LogP contribution in [-0.4, -0.2) is 6.61 Å². The fraction of sp³-hybridized carbons (Fsp3) is 0.250. The molecule has 2 N–H and O–H groups in total. The van der Waals surface area contributed by atoms with Gasteiger partial charge in [0.2, 0.25) is 0 Å². The van der Waals surface area contributed by atoms with Gasteiger partial charge in [-0.15, -0.1) is 12.4 Å². The van der Waals surface area contributed by atoms with E-state index in [0.29, 0.717) is 5.56 Å². The molecule has 0 saturated carbocycles. The maximum Gasteiger partial charge on any atom is 0.168 e. The predicted molar refractivity (Wildman–Crippen MR) is 46.0 cm³/mol. The summed E-state index contributed by atoms with van der Waals surface area (Å²) >= 11 is 0. The third kappa shape index (κ3) is 1.59. The van der Waals surface area contributed by atoms with Crippen molar-refractivity contribution >= 4 is 12.4 Å². The SMILES string of the molecule is Cl.N[C@H]1COc2c(F)cc(F)cc21. The van der Waals surface area contributed by atoms with E-state index in [1.54, 1.807) is 0 Å². The highest BCUT2D eigenvalue weighted by Crippen LogP contribution is 2.33. The fourth-order valence-corrected chi connectivity index (χ4v) is 1.27. The van der Waals surface area contributed by atoms with E-state index in [9.17, 15) is 8.78 Å². The van der Waals surface area contributed by atoms with E-state index in [1.807, 2.05) is 0 Å². The molecular formula is C8H8ClF2NO. The van der Waals surface area contributed by atoms with E-state index in [0.717, 1.165) is 6.07 Å². The molecule has 0 spiro atoms. The van der Waals surface area contributed by atoms with Crippen LogP contribution < -0.4 is 10.5 Å². The van der Waals surface area contributed by atoms with Crippen molar-refractivity contribution in [3.63, 3.8) is 0 Å². The van der Waals surface area contributed by atoms with Crippen LogP contribution in [0.25, 0.3) is 0 Å². The number of fused-ring (bicyclic) bond motifs is 1. The van der Waals surface area contributed by atoms with Gasteiger partial charge < -0.3 is 10.5 Å². The summed E-state index contributed by atoms with van der Waals surface area (Å²) in [5.74, 6) is -1.21. The smallest absolute Gasteiger partial charge is 0.168 e. The second-order valence-corrected chi connectivity index (χ2v) is 2.72. The molecule has 0 fully saturated rings. The van der Waals surface area contributed by atoms with Gasteiger partial charge >= 0.3 is 0 Å². The van der Waals surface area contributed by atoms with Crippen molar-refractivity contribution in [2.45, 2.75) is 6.04 Å². The van der Waals surface area contributed by atoms with Crippen molar-refractivity contribution in [2.75, 3.05) is 6.61 Å². The van der Waals surface area contributed by atoms with Gasteiger partial charge in [-0.25, -0.2) is 8.78 Å². The molecule has 72 valence electrons. The summed E-state index contributed by atoms with van der Waals surface area (Å²) in [6.07, 6.45) is 0. The summed E-state index contributed by atoms with van der Waals surface area (Å²) < 4.78 is 30.5. The van der Waals surface area contributed by atoms with Crippen LogP contribution in [0.15, 0.2) is 12.1 Å². The Morgan fingerprint density at radius 2 is 2.08 bits per heavy atom. The van der Waals surface area contributed by atoms with Gasteiger partial charge in [-0.1, -0.05) is 0 Å². The quantitative estimate of drug-likeness (QED) is 0.704. The zero-order valence-corrected chi connectivity index (χ0v) is 7.41. The molecule has 1 aliphatic rings. The molecule has 0 aliphatic carbocycles. The van der Waals surface area contributed by atoms with Crippen molar-refractivity contribution in [3.8, 4) is 5.75 Å². The Morgan fingerprint density at radius 3 is 2.77 bits per heavy atom. The van der Waals surface area contributed by atoms with Crippen molar-refractivity contribution in [3.05, 3.63) is 29.3 Å². The molecule has 2 nitrogen and oxygen atoms in total. The van der Waals surface area contributed by atoms with Crippen molar-refractivity contribution in [1.29, 1.82) is 0 Å². The average Bonchev–Trinajstić information content (AvgIpc) is 2.33. The zero-order chi connectivity index (χ0) is 8.72. The lowest BCUT2D eigenvalue weighted by Gasteiger charge is -2.00. The lowest BCUT2D eigenvalue weighted by molar-refractivity contribution is 0.319. The van der Waals surface area contributed by atoms with Crippen LogP contribution in [0.3, 0.4) is 0 Å². The van der Waals surface area contributed by atoms with Gasteiger partial charge in [0, 0.05) is 11.6 Å². The largest absolute Gasteiger partial charge is 0.488 e. The van der Waals surface area contributed by atoms with Crippen molar-refractivity contribution in [1.82, 2.24) is 0 Å². The Hall–Kier alpha value is -0.870. The summed E-state index contributed by atoms with van der Waals surface area (Å²) in [5, 5.41) is 0. The first-order valence-corrected chi connectivity index (χ1v) is 3.56. The van der Waals surface area contributed by atoms with Crippen LogP contribution in [0.1, 0.15) is 11.6 Å². The molecule has 1 atom stereocenters. The van der Waals surface area contributed by atoms with Gasteiger partial charge in [0.25, 0.3) is 0 Å². The Labute approximate surface area is 80.1 Å². The van der Waals surface area contributed by atoms with Gasteiger partial charge in [0.1, 0.15) is 12.4 Å². The molecule has 5 heteroatoms. The summed E-state index contributed by atoms with van der Waals surface area (Å²) in [7, 11) is 0. The Kier molecular flexibility index (Phi) is 2.73. The van der Waals surface area contributed by atoms with E-state index in [4.69, 9.17) is 10.5 Å². The van der Waals surface area contributed by atoms with Crippen LogP contribution >= 0.6 is 12.4 Å². The van der Waals surface area contributed by atoms with E-state index >= 15 is 0 Å². The topological polar surface area (TPSA) is 35.2 Å². The molecule has 2 rings (SSSR count). The zero-order valence-electron chi connectivity index (χ0n) is 6.59. The molecule has 13 heavy (non-hydrogen) atoms. The molecule has 0 saturated heterocycles. The Morgan fingerprint density at radius 1 is 1.38 bits per heavy atom. The van der Waals surface area contributed by atoms with Crippen LogP contribution in [0.4, 0.5) is 8.78 Å². The number of benzene rings is 1. The number of rotatable bonds is 0. The number of ether oxygens (including phenoxy) is 1. The highest BCUT2D eigenvalue weighted by atomic mass is 35.5. The predicted octanol–water partition coefficient (Wildman–Crippen LogP) is 1.78. The minimum atomic E-state index is -0.682. The number of hydrogen-bond donors (Lipinski definition) is 1. The summed E-state index contributed by atoms with van der Waals surface area (Å²) in [5.41, 5.74) is 5.94. The highest BCUT2D eigenvalue weighted by Gasteiger charge is 2.24. The Balaban J connectivity index is 0.000000845. The highest BCUT2D eigenvalue weighted by molar-refractivity contribution is 5.85.